The number of hydrogen-bond acceptors (Lipinski definition) is 4. The van der Waals surface area contributed by atoms with Gasteiger partial charge in [-0.25, -0.2) is 12.8 Å². The molecule has 0 aliphatic heterocycles. The Hall–Kier alpha value is -0.980. The molecule has 1 aromatic rings. The Morgan fingerprint density at radius 2 is 1.94 bits per heavy atom. The molecule has 0 amide bonds. The van der Waals surface area contributed by atoms with Crippen LogP contribution in [-0.2, 0) is 9.84 Å². The molecule has 1 unspecified atom stereocenters. The minimum atomic E-state index is -3.57. The molecule has 0 heterocycles. The zero-order valence-electron chi connectivity index (χ0n) is 10.3. The zero-order chi connectivity index (χ0) is 13.6. The van der Waals surface area contributed by atoms with Gasteiger partial charge in [-0.1, -0.05) is 6.92 Å². The van der Waals surface area contributed by atoms with E-state index in [4.69, 9.17) is 0 Å². The summed E-state index contributed by atoms with van der Waals surface area (Å²) in [6.45, 7) is 2.94. The molecule has 4 nitrogen and oxygen atoms in total. The van der Waals surface area contributed by atoms with Gasteiger partial charge >= 0.3 is 0 Å². The van der Waals surface area contributed by atoms with Crippen molar-refractivity contribution >= 4 is 9.84 Å². The molecule has 0 fully saturated rings. The summed E-state index contributed by atoms with van der Waals surface area (Å²) >= 11 is 0. The third-order valence-corrected chi connectivity index (χ3v) is 4.21. The van der Waals surface area contributed by atoms with E-state index in [1.54, 1.807) is 0 Å². The molecule has 0 bridgehead atoms. The van der Waals surface area contributed by atoms with E-state index in [0.29, 0.717) is 0 Å². The maximum Gasteiger partial charge on any atom is 0.180 e. The highest BCUT2D eigenvalue weighted by atomic mass is 32.2. The lowest BCUT2D eigenvalue weighted by Gasteiger charge is -2.12. The highest BCUT2D eigenvalue weighted by molar-refractivity contribution is 7.91. The van der Waals surface area contributed by atoms with Gasteiger partial charge in [0.1, 0.15) is 5.82 Å². The molecular weight excluding hydrogens is 257 g/mol. The number of benzene rings is 1. The number of hydrogen-bond donors (Lipinski definition) is 2. The van der Waals surface area contributed by atoms with E-state index in [0.717, 1.165) is 25.1 Å². The van der Waals surface area contributed by atoms with Crippen molar-refractivity contribution in [3.8, 4) is 0 Å². The van der Waals surface area contributed by atoms with Crippen LogP contribution in [0.5, 0.6) is 0 Å². The molecule has 1 aromatic carbocycles. The van der Waals surface area contributed by atoms with Crippen molar-refractivity contribution < 1.29 is 17.9 Å². The normalized spacial score (nSPS) is 13.5. The van der Waals surface area contributed by atoms with Gasteiger partial charge in [-0.3, -0.25) is 0 Å². The molecule has 102 valence electrons. The average molecular weight is 275 g/mol. The molecule has 0 aromatic heterocycles. The van der Waals surface area contributed by atoms with Gasteiger partial charge < -0.3 is 10.4 Å². The van der Waals surface area contributed by atoms with Crippen LogP contribution in [0.15, 0.2) is 29.2 Å². The second-order valence-corrected chi connectivity index (χ2v) is 6.13. The van der Waals surface area contributed by atoms with Gasteiger partial charge in [-0.05, 0) is 37.2 Å². The lowest BCUT2D eigenvalue weighted by atomic mass is 10.3. The first-order chi connectivity index (χ1) is 8.45. The SMILES string of the molecule is CCCNCC(O)CS(=O)(=O)c1ccc(F)cc1. The molecule has 0 saturated heterocycles. The average Bonchev–Trinajstić information content (AvgIpc) is 2.29. The molecule has 1 atom stereocenters. The van der Waals surface area contributed by atoms with E-state index in [1.807, 2.05) is 6.92 Å². The topological polar surface area (TPSA) is 66.4 Å². The summed E-state index contributed by atoms with van der Waals surface area (Å²) in [6.07, 6.45) is -0.0520. The predicted octanol–water partition coefficient (Wildman–Crippen LogP) is 0.960. The highest BCUT2D eigenvalue weighted by Crippen LogP contribution is 2.12. The van der Waals surface area contributed by atoms with E-state index in [2.05, 4.69) is 5.32 Å². The Bertz CT molecular complexity index is 459. The Balaban J connectivity index is 2.61. The Kier molecular flexibility index (Phi) is 5.71. The van der Waals surface area contributed by atoms with Crippen LogP contribution >= 0.6 is 0 Å². The summed E-state index contributed by atoms with van der Waals surface area (Å²) in [7, 11) is -3.57. The molecule has 0 saturated carbocycles. The van der Waals surface area contributed by atoms with Gasteiger partial charge in [0.2, 0.25) is 0 Å². The van der Waals surface area contributed by atoms with Crippen molar-refractivity contribution in [2.45, 2.75) is 24.3 Å². The largest absolute Gasteiger partial charge is 0.391 e. The van der Waals surface area contributed by atoms with Crippen molar-refractivity contribution in [3.63, 3.8) is 0 Å². The van der Waals surface area contributed by atoms with Gasteiger partial charge in [0.25, 0.3) is 0 Å². The summed E-state index contributed by atoms with van der Waals surface area (Å²) in [4.78, 5) is 0.0263. The number of rotatable bonds is 7. The van der Waals surface area contributed by atoms with E-state index >= 15 is 0 Å². The van der Waals surface area contributed by atoms with Gasteiger partial charge in [0, 0.05) is 6.54 Å². The third-order valence-electron chi connectivity index (χ3n) is 2.39. The van der Waals surface area contributed by atoms with Crippen LogP contribution in [-0.4, -0.2) is 38.5 Å². The monoisotopic (exact) mass is 275 g/mol. The quantitative estimate of drug-likeness (QED) is 0.574. The second kappa shape index (κ2) is 6.82. The van der Waals surface area contributed by atoms with Crippen molar-refractivity contribution in [2.75, 3.05) is 18.8 Å². The molecule has 2 N–H and O–H groups in total. The first-order valence-corrected chi connectivity index (χ1v) is 7.48. The van der Waals surface area contributed by atoms with Crippen LogP contribution in [0.1, 0.15) is 13.3 Å². The van der Waals surface area contributed by atoms with Crippen LogP contribution < -0.4 is 5.32 Å². The third kappa shape index (κ3) is 4.72. The van der Waals surface area contributed by atoms with Crippen LogP contribution in [0.3, 0.4) is 0 Å². The Morgan fingerprint density at radius 1 is 1.33 bits per heavy atom. The Labute approximate surface area is 107 Å². The molecule has 1 rings (SSSR count). The van der Waals surface area contributed by atoms with Crippen molar-refractivity contribution in [1.82, 2.24) is 5.32 Å². The smallest absolute Gasteiger partial charge is 0.180 e. The molecule has 0 spiro atoms. The number of sulfone groups is 1. The fourth-order valence-corrected chi connectivity index (χ4v) is 2.86. The van der Waals surface area contributed by atoms with Crippen molar-refractivity contribution in [2.24, 2.45) is 0 Å². The second-order valence-electron chi connectivity index (χ2n) is 4.09. The molecular formula is C12H18FNO3S. The lowest BCUT2D eigenvalue weighted by Crippen LogP contribution is -2.32. The van der Waals surface area contributed by atoms with E-state index in [1.165, 1.54) is 12.1 Å². The zero-order valence-corrected chi connectivity index (χ0v) is 11.1. The summed E-state index contributed by atoms with van der Waals surface area (Å²) in [5.74, 6) is -0.853. The van der Waals surface area contributed by atoms with Crippen LogP contribution in [0.2, 0.25) is 0 Å². The van der Waals surface area contributed by atoms with E-state index < -0.39 is 21.8 Å². The summed E-state index contributed by atoms with van der Waals surface area (Å²) in [5.41, 5.74) is 0. The van der Waals surface area contributed by atoms with Crippen molar-refractivity contribution in [3.05, 3.63) is 30.1 Å². The maximum atomic E-state index is 12.7. The number of halogens is 1. The van der Waals surface area contributed by atoms with Gasteiger partial charge in [-0.2, -0.15) is 0 Å². The Morgan fingerprint density at radius 3 is 2.50 bits per heavy atom. The first kappa shape index (κ1) is 15.1. The van der Waals surface area contributed by atoms with Gasteiger partial charge in [-0.15, -0.1) is 0 Å². The summed E-state index contributed by atoms with van der Waals surface area (Å²) < 4.78 is 36.4. The summed E-state index contributed by atoms with van der Waals surface area (Å²) in [5, 5.41) is 12.6. The van der Waals surface area contributed by atoms with E-state index in [9.17, 15) is 17.9 Å². The molecule has 6 heteroatoms. The first-order valence-electron chi connectivity index (χ1n) is 5.83. The van der Waals surface area contributed by atoms with Crippen LogP contribution in [0, 0.1) is 5.82 Å². The van der Waals surface area contributed by atoms with Crippen molar-refractivity contribution in [1.29, 1.82) is 0 Å². The summed E-state index contributed by atoms with van der Waals surface area (Å²) in [6, 6.07) is 4.59. The number of aliphatic hydroxyl groups excluding tert-OH is 1. The number of nitrogens with one attached hydrogen (secondary N) is 1. The van der Waals surface area contributed by atoms with E-state index in [-0.39, 0.29) is 17.2 Å². The molecule has 0 aliphatic rings. The fourth-order valence-electron chi connectivity index (χ4n) is 1.50. The minimum absolute atomic E-state index is 0.0263. The van der Waals surface area contributed by atoms with Crippen LogP contribution in [0.4, 0.5) is 4.39 Å². The van der Waals surface area contributed by atoms with Gasteiger partial charge in [0.05, 0.1) is 16.8 Å². The van der Waals surface area contributed by atoms with Crippen LogP contribution in [0.25, 0.3) is 0 Å². The predicted molar refractivity (Wildman–Crippen MR) is 67.6 cm³/mol. The number of aliphatic hydroxyl groups is 1. The molecule has 18 heavy (non-hydrogen) atoms. The molecule has 0 aliphatic carbocycles. The standard InChI is InChI=1S/C12H18FNO3S/c1-2-7-14-8-11(15)9-18(16,17)12-5-3-10(13)4-6-12/h3-6,11,14-15H,2,7-9H2,1H3. The van der Waals surface area contributed by atoms with Gasteiger partial charge in [0.15, 0.2) is 9.84 Å². The molecule has 0 radical (unpaired) electrons. The highest BCUT2D eigenvalue weighted by Gasteiger charge is 2.19. The fraction of sp³-hybridized carbons (Fsp3) is 0.500. The maximum absolute atomic E-state index is 12.7. The minimum Gasteiger partial charge on any atom is -0.391 e. The lowest BCUT2D eigenvalue weighted by molar-refractivity contribution is 0.194.